The van der Waals surface area contributed by atoms with Crippen LogP contribution in [0.5, 0.6) is 11.5 Å². The van der Waals surface area contributed by atoms with Crippen LogP contribution >= 0.6 is 34.2 Å². The van der Waals surface area contributed by atoms with Gasteiger partial charge in [0.1, 0.15) is 11.5 Å². The molecule has 0 radical (unpaired) electrons. The quantitative estimate of drug-likeness (QED) is 0.455. The van der Waals surface area contributed by atoms with Crippen LogP contribution in [-0.2, 0) is 10.5 Å². The Balaban J connectivity index is 0.000000251. The number of halogens is 2. The van der Waals surface area contributed by atoms with Crippen LogP contribution in [0, 0.1) is 3.57 Å². The van der Waals surface area contributed by atoms with Gasteiger partial charge in [-0.05, 0) is 85.7 Å². The molecule has 1 N–H and O–H groups in total. The van der Waals surface area contributed by atoms with Gasteiger partial charge < -0.3 is 14.6 Å². The third kappa shape index (κ3) is 7.04. The fraction of sp³-hybridized carbons (Fsp3) is 0.400. The first-order chi connectivity index (χ1) is 11.5. The molecule has 0 bridgehead atoms. The van der Waals surface area contributed by atoms with Gasteiger partial charge in [0.25, 0.3) is 0 Å². The van der Waals surface area contributed by atoms with Crippen molar-refractivity contribution < 1.29 is 14.6 Å². The van der Waals surface area contributed by atoms with Crippen molar-refractivity contribution in [2.45, 2.75) is 38.2 Å². The average molecular weight is 477 g/mol. The molecular formula is C20H26ClIO3. The molecular weight excluding hydrogens is 451 g/mol. The topological polar surface area (TPSA) is 38.7 Å². The van der Waals surface area contributed by atoms with Crippen LogP contribution in [-0.4, -0.2) is 19.3 Å². The van der Waals surface area contributed by atoms with E-state index in [0.717, 1.165) is 26.2 Å². The van der Waals surface area contributed by atoms with Crippen LogP contribution < -0.4 is 9.47 Å². The van der Waals surface area contributed by atoms with Crippen LogP contribution in [0.15, 0.2) is 42.5 Å². The lowest BCUT2D eigenvalue weighted by molar-refractivity contribution is 0.0785. The van der Waals surface area contributed by atoms with Crippen molar-refractivity contribution in [3.05, 3.63) is 57.2 Å². The zero-order valence-electron chi connectivity index (χ0n) is 15.6. The molecule has 2 aromatic rings. The standard InChI is InChI=1S/C10H12ClIO.C10H14O2/c1-10(2,11)8-5-4-7(13-3)6-9(8)12;1-10(2,11)8-4-6-9(12-3)7-5-8/h4-6H,1-3H3;4-7,11H,1-3H3. The second-order valence-corrected chi connectivity index (χ2v) is 8.71. The summed E-state index contributed by atoms with van der Waals surface area (Å²) in [6.07, 6.45) is 0. The van der Waals surface area contributed by atoms with Gasteiger partial charge in [-0.2, -0.15) is 0 Å². The second-order valence-electron chi connectivity index (χ2n) is 6.61. The van der Waals surface area contributed by atoms with Crippen molar-refractivity contribution in [1.29, 1.82) is 0 Å². The lowest BCUT2D eigenvalue weighted by Crippen LogP contribution is -2.14. The predicted molar refractivity (Wildman–Crippen MR) is 113 cm³/mol. The van der Waals surface area contributed by atoms with Gasteiger partial charge in [-0.3, -0.25) is 0 Å². The molecule has 0 heterocycles. The van der Waals surface area contributed by atoms with Gasteiger partial charge in [0.05, 0.1) is 24.7 Å². The highest BCUT2D eigenvalue weighted by atomic mass is 127. The van der Waals surface area contributed by atoms with E-state index in [1.807, 2.05) is 56.3 Å². The number of benzene rings is 2. The molecule has 0 fully saturated rings. The van der Waals surface area contributed by atoms with Crippen molar-refractivity contribution in [3.63, 3.8) is 0 Å². The minimum atomic E-state index is -0.772. The molecule has 0 aliphatic carbocycles. The SMILES string of the molecule is COc1ccc(C(C)(C)Cl)c(I)c1.COc1ccc(C(C)(C)O)cc1. The predicted octanol–water partition coefficient (Wildman–Crippen LogP) is 5.70. The molecule has 2 rings (SSSR count). The number of hydrogen-bond acceptors (Lipinski definition) is 3. The third-order valence-corrected chi connectivity index (χ3v) is 4.71. The van der Waals surface area contributed by atoms with Gasteiger partial charge in [0.15, 0.2) is 0 Å². The summed E-state index contributed by atoms with van der Waals surface area (Å²) in [5, 5.41) is 9.61. The molecule has 0 aliphatic rings. The summed E-state index contributed by atoms with van der Waals surface area (Å²) in [7, 11) is 3.29. The van der Waals surface area contributed by atoms with Gasteiger partial charge >= 0.3 is 0 Å². The molecule has 0 aliphatic heterocycles. The lowest BCUT2D eigenvalue weighted by atomic mass is 9.99. The van der Waals surface area contributed by atoms with Crippen LogP contribution in [0.25, 0.3) is 0 Å². The van der Waals surface area contributed by atoms with Crippen LogP contribution in [0.3, 0.4) is 0 Å². The van der Waals surface area contributed by atoms with Gasteiger partial charge in [0, 0.05) is 3.57 Å². The smallest absolute Gasteiger partial charge is 0.119 e. The maximum Gasteiger partial charge on any atom is 0.119 e. The van der Waals surface area contributed by atoms with E-state index in [1.54, 1.807) is 28.1 Å². The minimum Gasteiger partial charge on any atom is -0.497 e. The molecule has 0 spiro atoms. The summed E-state index contributed by atoms with van der Waals surface area (Å²) in [6.45, 7) is 7.49. The van der Waals surface area contributed by atoms with Gasteiger partial charge in [0.2, 0.25) is 0 Å². The Labute approximate surface area is 169 Å². The Bertz CT molecular complexity index is 671. The fourth-order valence-electron chi connectivity index (χ4n) is 2.10. The molecule has 5 heteroatoms. The number of hydrogen-bond donors (Lipinski definition) is 1. The van der Waals surface area contributed by atoms with E-state index in [2.05, 4.69) is 22.6 Å². The third-order valence-electron chi connectivity index (χ3n) is 3.61. The van der Waals surface area contributed by atoms with Crippen molar-refractivity contribution in [3.8, 4) is 11.5 Å². The summed E-state index contributed by atoms with van der Waals surface area (Å²) in [5.74, 6) is 1.68. The molecule has 0 aromatic heterocycles. The zero-order valence-corrected chi connectivity index (χ0v) is 18.5. The van der Waals surface area contributed by atoms with Gasteiger partial charge in [-0.1, -0.05) is 18.2 Å². The number of alkyl halides is 1. The Morgan fingerprint density at radius 1 is 0.880 bits per heavy atom. The molecule has 25 heavy (non-hydrogen) atoms. The second kappa shape index (κ2) is 9.10. The molecule has 3 nitrogen and oxygen atoms in total. The van der Waals surface area contributed by atoms with E-state index >= 15 is 0 Å². The first-order valence-corrected chi connectivity index (χ1v) is 9.34. The van der Waals surface area contributed by atoms with E-state index in [9.17, 15) is 5.11 Å². The highest BCUT2D eigenvalue weighted by Gasteiger charge is 2.19. The number of ether oxygens (including phenoxy) is 2. The molecule has 0 atom stereocenters. The minimum absolute atomic E-state index is 0.317. The van der Waals surface area contributed by atoms with Gasteiger partial charge in [-0.15, -0.1) is 11.6 Å². The number of rotatable bonds is 4. The maximum atomic E-state index is 9.61. The largest absolute Gasteiger partial charge is 0.497 e. The summed E-state index contributed by atoms with van der Waals surface area (Å²) in [6, 6.07) is 13.3. The fourth-order valence-corrected chi connectivity index (χ4v) is 3.59. The highest BCUT2D eigenvalue weighted by molar-refractivity contribution is 14.1. The molecule has 0 saturated heterocycles. The molecule has 138 valence electrons. The monoisotopic (exact) mass is 476 g/mol. The highest BCUT2D eigenvalue weighted by Crippen LogP contribution is 2.33. The van der Waals surface area contributed by atoms with Crippen LogP contribution in [0.1, 0.15) is 38.8 Å². The van der Waals surface area contributed by atoms with Crippen molar-refractivity contribution in [2.75, 3.05) is 14.2 Å². The van der Waals surface area contributed by atoms with E-state index < -0.39 is 5.60 Å². The first-order valence-electron chi connectivity index (χ1n) is 7.89. The molecule has 0 amide bonds. The van der Waals surface area contributed by atoms with Gasteiger partial charge in [-0.25, -0.2) is 0 Å². The number of aliphatic hydroxyl groups is 1. The Hall–Kier alpha value is -0.980. The number of methoxy groups -OCH3 is 2. The maximum absolute atomic E-state index is 9.61. The Morgan fingerprint density at radius 2 is 1.36 bits per heavy atom. The van der Waals surface area contributed by atoms with E-state index in [4.69, 9.17) is 21.1 Å². The molecule has 0 unspecified atom stereocenters. The van der Waals surface area contributed by atoms with E-state index in [1.165, 1.54) is 0 Å². The summed E-state index contributed by atoms with van der Waals surface area (Å²) in [5.41, 5.74) is 1.26. The molecule has 0 saturated carbocycles. The summed E-state index contributed by atoms with van der Waals surface area (Å²) in [4.78, 5) is -0.317. The molecule has 2 aromatic carbocycles. The van der Waals surface area contributed by atoms with Crippen LogP contribution in [0.4, 0.5) is 0 Å². The Kier molecular flexibility index (Phi) is 8.03. The lowest BCUT2D eigenvalue weighted by Gasteiger charge is -2.18. The normalized spacial score (nSPS) is 11.4. The summed E-state index contributed by atoms with van der Waals surface area (Å²) >= 11 is 8.48. The first kappa shape index (κ1) is 22.1. The zero-order chi connectivity index (χ0) is 19.3. The average Bonchev–Trinajstić information content (AvgIpc) is 2.53. The van der Waals surface area contributed by atoms with Crippen molar-refractivity contribution in [1.82, 2.24) is 0 Å². The van der Waals surface area contributed by atoms with Crippen molar-refractivity contribution >= 4 is 34.2 Å². The van der Waals surface area contributed by atoms with Crippen LogP contribution in [0.2, 0.25) is 0 Å². The summed E-state index contributed by atoms with van der Waals surface area (Å²) < 4.78 is 11.3. The van der Waals surface area contributed by atoms with E-state index in [0.29, 0.717) is 0 Å². The Morgan fingerprint density at radius 3 is 1.72 bits per heavy atom. The van der Waals surface area contributed by atoms with Crippen molar-refractivity contribution in [2.24, 2.45) is 0 Å². The van der Waals surface area contributed by atoms with E-state index in [-0.39, 0.29) is 4.87 Å².